The van der Waals surface area contributed by atoms with Crippen molar-refractivity contribution in [3.63, 3.8) is 0 Å². The molecule has 0 radical (unpaired) electrons. The van der Waals surface area contributed by atoms with Gasteiger partial charge in [-0.1, -0.05) is 35.9 Å². The smallest absolute Gasteiger partial charge is 0.253 e. The van der Waals surface area contributed by atoms with Crippen molar-refractivity contribution >= 4 is 17.3 Å². The fourth-order valence-corrected chi connectivity index (χ4v) is 2.57. The average Bonchev–Trinajstić information content (AvgIpc) is 2.66. The van der Waals surface area contributed by atoms with Gasteiger partial charge in [-0.2, -0.15) is 5.26 Å². The summed E-state index contributed by atoms with van der Waals surface area (Å²) in [5.74, 6) is -0.187. The molecular weight excluding hydrogens is 324 g/mol. The van der Waals surface area contributed by atoms with Crippen LogP contribution in [0.5, 0.6) is 0 Å². The minimum Gasteiger partial charge on any atom is -0.354 e. The van der Waals surface area contributed by atoms with Crippen molar-refractivity contribution in [3.8, 4) is 6.07 Å². The molecule has 0 atom stereocenters. The third-order valence-corrected chi connectivity index (χ3v) is 3.82. The SMILES string of the molecule is Cc1cccc(CNC(=O)c2cncc(Nc3cccc(C#N)c3)c2)c1. The molecule has 0 fully saturated rings. The molecule has 0 saturated heterocycles. The Labute approximate surface area is 152 Å². The number of carbonyl (C=O) groups is 1. The molecule has 0 bridgehead atoms. The van der Waals surface area contributed by atoms with Crippen LogP contribution in [0.3, 0.4) is 0 Å². The third kappa shape index (κ3) is 4.46. The van der Waals surface area contributed by atoms with Crippen LogP contribution in [0.15, 0.2) is 67.0 Å². The van der Waals surface area contributed by atoms with Gasteiger partial charge in [-0.15, -0.1) is 0 Å². The van der Waals surface area contributed by atoms with Crippen LogP contribution in [0.4, 0.5) is 11.4 Å². The second kappa shape index (κ2) is 7.95. The van der Waals surface area contributed by atoms with Gasteiger partial charge < -0.3 is 10.6 Å². The van der Waals surface area contributed by atoms with Gasteiger partial charge in [0.1, 0.15) is 0 Å². The van der Waals surface area contributed by atoms with Crippen LogP contribution in [-0.2, 0) is 6.54 Å². The zero-order valence-electron chi connectivity index (χ0n) is 14.4. The van der Waals surface area contributed by atoms with E-state index in [-0.39, 0.29) is 5.91 Å². The highest BCUT2D eigenvalue weighted by Gasteiger charge is 2.07. The van der Waals surface area contributed by atoms with E-state index in [9.17, 15) is 4.79 Å². The van der Waals surface area contributed by atoms with E-state index < -0.39 is 0 Å². The molecule has 26 heavy (non-hydrogen) atoms. The van der Waals surface area contributed by atoms with Crippen molar-refractivity contribution in [2.24, 2.45) is 0 Å². The van der Waals surface area contributed by atoms with E-state index in [4.69, 9.17) is 5.26 Å². The molecule has 0 unspecified atom stereocenters. The van der Waals surface area contributed by atoms with Crippen LogP contribution in [0.1, 0.15) is 27.0 Å². The number of carbonyl (C=O) groups excluding carboxylic acids is 1. The summed E-state index contributed by atoms with van der Waals surface area (Å²) in [5, 5.41) is 15.0. The minimum atomic E-state index is -0.187. The Bertz CT molecular complexity index is 975. The summed E-state index contributed by atoms with van der Waals surface area (Å²) in [5.41, 5.74) is 4.69. The number of hydrogen-bond donors (Lipinski definition) is 2. The van der Waals surface area contributed by atoms with E-state index in [2.05, 4.69) is 21.7 Å². The lowest BCUT2D eigenvalue weighted by Crippen LogP contribution is -2.23. The Hall–Kier alpha value is -3.65. The Morgan fingerprint density at radius 3 is 2.73 bits per heavy atom. The number of aromatic nitrogens is 1. The van der Waals surface area contributed by atoms with Crippen LogP contribution in [0.25, 0.3) is 0 Å². The fourth-order valence-electron chi connectivity index (χ4n) is 2.57. The first-order valence-corrected chi connectivity index (χ1v) is 8.20. The van der Waals surface area contributed by atoms with Gasteiger partial charge >= 0.3 is 0 Å². The van der Waals surface area contributed by atoms with E-state index >= 15 is 0 Å². The molecule has 3 aromatic rings. The molecular formula is C21H18N4O. The average molecular weight is 342 g/mol. The van der Waals surface area contributed by atoms with E-state index in [1.807, 2.05) is 37.3 Å². The Balaban J connectivity index is 1.68. The van der Waals surface area contributed by atoms with Gasteiger partial charge in [-0.25, -0.2) is 0 Å². The van der Waals surface area contributed by atoms with Crippen LogP contribution >= 0.6 is 0 Å². The molecule has 2 aromatic carbocycles. The molecule has 0 spiro atoms. The van der Waals surface area contributed by atoms with Crippen molar-refractivity contribution in [1.29, 1.82) is 5.26 Å². The topological polar surface area (TPSA) is 77.8 Å². The van der Waals surface area contributed by atoms with Gasteiger partial charge in [0.05, 0.1) is 29.1 Å². The number of amides is 1. The summed E-state index contributed by atoms with van der Waals surface area (Å²) < 4.78 is 0. The number of nitriles is 1. The summed E-state index contributed by atoms with van der Waals surface area (Å²) in [6, 6.07) is 19.0. The summed E-state index contributed by atoms with van der Waals surface area (Å²) in [6.45, 7) is 2.48. The number of nitrogens with zero attached hydrogens (tertiary/aromatic N) is 2. The predicted octanol–water partition coefficient (Wildman–Crippen LogP) is 3.94. The normalized spacial score (nSPS) is 10.0. The van der Waals surface area contributed by atoms with Crippen LogP contribution in [0, 0.1) is 18.3 Å². The fraction of sp³-hybridized carbons (Fsp3) is 0.0952. The quantitative estimate of drug-likeness (QED) is 0.736. The first-order valence-electron chi connectivity index (χ1n) is 8.20. The van der Waals surface area contributed by atoms with Crippen molar-refractivity contribution in [2.75, 3.05) is 5.32 Å². The van der Waals surface area contributed by atoms with E-state index in [0.29, 0.717) is 23.4 Å². The Morgan fingerprint density at radius 1 is 1.08 bits per heavy atom. The summed E-state index contributed by atoms with van der Waals surface area (Å²) in [7, 11) is 0. The van der Waals surface area contributed by atoms with Gasteiger partial charge in [0.15, 0.2) is 0 Å². The maximum Gasteiger partial charge on any atom is 0.253 e. The molecule has 0 aliphatic rings. The highest BCUT2D eigenvalue weighted by atomic mass is 16.1. The van der Waals surface area contributed by atoms with Crippen molar-refractivity contribution in [2.45, 2.75) is 13.5 Å². The predicted molar refractivity (Wildman–Crippen MR) is 101 cm³/mol. The maximum absolute atomic E-state index is 12.4. The van der Waals surface area contributed by atoms with Crippen molar-refractivity contribution in [1.82, 2.24) is 10.3 Å². The second-order valence-corrected chi connectivity index (χ2v) is 5.95. The first kappa shape index (κ1) is 17.2. The lowest BCUT2D eigenvalue weighted by Gasteiger charge is -2.09. The molecule has 1 heterocycles. The molecule has 128 valence electrons. The molecule has 1 aromatic heterocycles. The lowest BCUT2D eigenvalue weighted by atomic mass is 10.1. The number of anilines is 2. The van der Waals surface area contributed by atoms with Gasteiger partial charge in [0.2, 0.25) is 0 Å². The number of hydrogen-bond acceptors (Lipinski definition) is 4. The maximum atomic E-state index is 12.4. The third-order valence-electron chi connectivity index (χ3n) is 3.82. The monoisotopic (exact) mass is 342 g/mol. The van der Waals surface area contributed by atoms with Crippen LogP contribution in [0.2, 0.25) is 0 Å². The lowest BCUT2D eigenvalue weighted by molar-refractivity contribution is 0.0950. The first-order chi connectivity index (χ1) is 12.6. The Kier molecular flexibility index (Phi) is 5.25. The summed E-state index contributed by atoms with van der Waals surface area (Å²) >= 11 is 0. The highest BCUT2D eigenvalue weighted by molar-refractivity contribution is 5.94. The van der Waals surface area contributed by atoms with Crippen LogP contribution < -0.4 is 10.6 Å². The van der Waals surface area contributed by atoms with Gasteiger partial charge in [0.25, 0.3) is 5.91 Å². The largest absolute Gasteiger partial charge is 0.354 e. The van der Waals surface area contributed by atoms with E-state index in [1.165, 1.54) is 6.20 Å². The number of rotatable bonds is 5. The van der Waals surface area contributed by atoms with Crippen molar-refractivity contribution < 1.29 is 4.79 Å². The molecule has 5 nitrogen and oxygen atoms in total. The van der Waals surface area contributed by atoms with Gasteiger partial charge in [0, 0.05) is 18.4 Å². The Morgan fingerprint density at radius 2 is 1.92 bits per heavy atom. The second-order valence-electron chi connectivity index (χ2n) is 5.95. The van der Waals surface area contributed by atoms with Crippen LogP contribution in [-0.4, -0.2) is 10.9 Å². The number of pyridine rings is 1. The van der Waals surface area contributed by atoms with Gasteiger partial charge in [-0.05, 0) is 36.8 Å². The van der Waals surface area contributed by atoms with E-state index in [1.54, 1.807) is 30.5 Å². The zero-order valence-corrected chi connectivity index (χ0v) is 14.4. The molecule has 1 amide bonds. The zero-order chi connectivity index (χ0) is 18.4. The summed E-state index contributed by atoms with van der Waals surface area (Å²) in [4.78, 5) is 16.5. The molecule has 0 aliphatic carbocycles. The molecule has 2 N–H and O–H groups in total. The standard InChI is InChI=1S/C21H18N4O/c1-15-4-2-6-17(8-15)12-24-21(26)18-10-20(14-23-13-18)25-19-7-3-5-16(9-19)11-22/h2-10,13-14,25H,12H2,1H3,(H,24,26). The summed E-state index contributed by atoms with van der Waals surface area (Å²) in [6.07, 6.45) is 3.17. The van der Waals surface area contributed by atoms with E-state index in [0.717, 1.165) is 16.8 Å². The van der Waals surface area contributed by atoms with Gasteiger partial charge in [-0.3, -0.25) is 9.78 Å². The minimum absolute atomic E-state index is 0.187. The molecule has 5 heteroatoms. The molecule has 3 rings (SSSR count). The molecule has 0 aliphatic heterocycles. The number of benzene rings is 2. The number of aryl methyl sites for hydroxylation is 1. The number of nitrogens with one attached hydrogen (secondary N) is 2. The van der Waals surface area contributed by atoms with Crippen molar-refractivity contribution in [3.05, 3.63) is 89.2 Å². The molecule has 0 saturated carbocycles. The highest BCUT2D eigenvalue weighted by Crippen LogP contribution is 2.18.